The largest absolute Gasteiger partial charge is 0.497 e. The SMILES string of the molecule is COc1ccc(OCCCC(=O)N(Cc2ccc(C)cc2)[C@H](Cc2ccccc2)C(=O)NC(C)(C)C)cc1. The van der Waals surface area contributed by atoms with Gasteiger partial charge >= 0.3 is 0 Å². The Kier molecular flexibility index (Phi) is 10.3. The van der Waals surface area contributed by atoms with Crippen molar-refractivity contribution in [3.63, 3.8) is 0 Å². The van der Waals surface area contributed by atoms with Gasteiger partial charge in [0.15, 0.2) is 0 Å². The molecule has 0 aliphatic carbocycles. The van der Waals surface area contributed by atoms with E-state index in [1.54, 1.807) is 12.0 Å². The van der Waals surface area contributed by atoms with Gasteiger partial charge in [0.25, 0.3) is 0 Å². The summed E-state index contributed by atoms with van der Waals surface area (Å²) in [4.78, 5) is 29.0. The number of carbonyl (C=O) groups excluding carboxylic acids is 2. The van der Waals surface area contributed by atoms with E-state index in [1.165, 1.54) is 0 Å². The zero-order chi connectivity index (χ0) is 27.5. The van der Waals surface area contributed by atoms with Crippen LogP contribution < -0.4 is 14.8 Å². The van der Waals surface area contributed by atoms with E-state index >= 15 is 0 Å². The second kappa shape index (κ2) is 13.7. The first-order valence-electron chi connectivity index (χ1n) is 13.1. The number of nitrogens with one attached hydrogen (secondary N) is 1. The first-order valence-corrected chi connectivity index (χ1v) is 13.1. The van der Waals surface area contributed by atoms with E-state index in [9.17, 15) is 9.59 Å². The number of amides is 2. The summed E-state index contributed by atoms with van der Waals surface area (Å²) < 4.78 is 11.0. The van der Waals surface area contributed by atoms with Gasteiger partial charge in [-0.2, -0.15) is 0 Å². The summed E-state index contributed by atoms with van der Waals surface area (Å²) in [7, 11) is 1.62. The zero-order valence-electron chi connectivity index (χ0n) is 23.2. The van der Waals surface area contributed by atoms with Crippen molar-refractivity contribution in [3.8, 4) is 11.5 Å². The van der Waals surface area contributed by atoms with Gasteiger partial charge in [0, 0.05) is 24.9 Å². The lowest BCUT2D eigenvalue weighted by atomic mass is 10.00. The fraction of sp³-hybridized carbons (Fsp3) is 0.375. The molecule has 0 spiro atoms. The van der Waals surface area contributed by atoms with Gasteiger partial charge in [-0.1, -0.05) is 60.2 Å². The quantitative estimate of drug-likeness (QED) is 0.313. The van der Waals surface area contributed by atoms with Gasteiger partial charge in [0.2, 0.25) is 11.8 Å². The molecule has 38 heavy (non-hydrogen) atoms. The fourth-order valence-corrected chi connectivity index (χ4v) is 4.13. The van der Waals surface area contributed by atoms with Gasteiger partial charge in [-0.05, 0) is 69.5 Å². The van der Waals surface area contributed by atoms with Crippen LogP contribution >= 0.6 is 0 Å². The molecule has 6 heteroatoms. The van der Waals surface area contributed by atoms with E-state index in [0.717, 1.165) is 28.2 Å². The summed E-state index contributed by atoms with van der Waals surface area (Å²) in [6, 6.07) is 24.7. The van der Waals surface area contributed by atoms with E-state index in [-0.39, 0.29) is 18.2 Å². The molecule has 0 radical (unpaired) electrons. The van der Waals surface area contributed by atoms with E-state index in [4.69, 9.17) is 9.47 Å². The highest BCUT2D eigenvalue weighted by Gasteiger charge is 2.32. The van der Waals surface area contributed by atoms with Crippen molar-refractivity contribution >= 4 is 11.8 Å². The average Bonchev–Trinajstić information content (AvgIpc) is 2.89. The molecular formula is C32H40N2O4. The minimum atomic E-state index is -0.645. The van der Waals surface area contributed by atoms with Crippen molar-refractivity contribution in [2.75, 3.05) is 13.7 Å². The second-order valence-electron chi connectivity index (χ2n) is 10.6. The molecule has 3 aromatic rings. The number of rotatable bonds is 12. The highest BCUT2D eigenvalue weighted by atomic mass is 16.5. The highest BCUT2D eigenvalue weighted by molar-refractivity contribution is 5.88. The second-order valence-corrected chi connectivity index (χ2v) is 10.6. The van der Waals surface area contributed by atoms with Crippen molar-refractivity contribution in [2.45, 2.75) is 65.1 Å². The molecule has 3 rings (SSSR count). The number of hydrogen-bond donors (Lipinski definition) is 1. The van der Waals surface area contributed by atoms with Gasteiger partial charge in [0.1, 0.15) is 17.5 Å². The Bertz CT molecular complexity index is 1150. The minimum Gasteiger partial charge on any atom is -0.497 e. The summed E-state index contributed by atoms with van der Waals surface area (Å²) >= 11 is 0. The topological polar surface area (TPSA) is 67.9 Å². The first-order chi connectivity index (χ1) is 18.1. The lowest BCUT2D eigenvalue weighted by Crippen LogP contribution is -2.54. The lowest BCUT2D eigenvalue weighted by molar-refractivity contribution is -0.142. The molecule has 0 aliphatic rings. The molecule has 0 heterocycles. The van der Waals surface area contributed by atoms with Crippen molar-refractivity contribution in [1.29, 1.82) is 0 Å². The van der Waals surface area contributed by atoms with Crippen LogP contribution in [0.5, 0.6) is 11.5 Å². The summed E-state index contributed by atoms with van der Waals surface area (Å²) in [5, 5.41) is 3.10. The molecule has 2 amide bonds. The van der Waals surface area contributed by atoms with Crippen LogP contribution in [0.15, 0.2) is 78.9 Å². The standard InChI is InChI=1S/C32H40N2O4/c1-24-13-15-26(16-14-24)23-34(30(35)12-9-21-38-28-19-17-27(37-5)18-20-28)29(31(36)33-32(2,3)4)22-25-10-7-6-8-11-25/h6-8,10-11,13-20,29H,9,12,21-23H2,1-5H3,(H,33,36)/t29-/m1/s1. The van der Waals surface area contributed by atoms with Crippen LogP contribution in [-0.2, 0) is 22.6 Å². The smallest absolute Gasteiger partial charge is 0.243 e. The fourth-order valence-electron chi connectivity index (χ4n) is 4.13. The van der Waals surface area contributed by atoms with Crippen LogP contribution in [0.1, 0.15) is 50.3 Å². The maximum absolute atomic E-state index is 13.7. The van der Waals surface area contributed by atoms with Gasteiger partial charge in [-0.25, -0.2) is 0 Å². The van der Waals surface area contributed by atoms with E-state index in [1.807, 2.05) is 107 Å². The predicted octanol–water partition coefficient (Wildman–Crippen LogP) is 5.72. The molecule has 0 saturated heterocycles. The zero-order valence-corrected chi connectivity index (χ0v) is 23.2. The predicted molar refractivity (Wildman–Crippen MR) is 151 cm³/mol. The van der Waals surface area contributed by atoms with E-state index in [2.05, 4.69) is 5.32 Å². The van der Waals surface area contributed by atoms with E-state index in [0.29, 0.717) is 26.0 Å². The van der Waals surface area contributed by atoms with Gasteiger partial charge < -0.3 is 19.7 Å². The van der Waals surface area contributed by atoms with Crippen molar-refractivity contribution in [1.82, 2.24) is 10.2 Å². The Balaban J connectivity index is 1.78. The lowest BCUT2D eigenvalue weighted by Gasteiger charge is -2.34. The normalized spacial score (nSPS) is 11.9. The Morgan fingerprint density at radius 2 is 1.50 bits per heavy atom. The number of ether oxygens (including phenoxy) is 2. The Morgan fingerprint density at radius 1 is 0.868 bits per heavy atom. The van der Waals surface area contributed by atoms with Crippen molar-refractivity contribution < 1.29 is 19.1 Å². The molecule has 1 N–H and O–H groups in total. The van der Waals surface area contributed by atoms with Crippen LogP contribution in [0, 0.1) is 6.92 Å². The summed E-state index contributed by atoms with van der Waals surface area (Å²) in [6.45, 7) is 8.64. The Morgan fingerprint density at radius 3 is 2.11 bits per heavy atom. The molecule has 0 aliphatic heterocycles. The number of nitrogens with zero attached hydrogens (tertiary/aromatic N) is 1. The number of carbonyl (C=O) groups is 2. The van der Waals surface area contributed by atoms with Crippen molar-refractivity contribution in [2.24, 2.45) is 0 Å². The average molecular weight is 517 g/mol. The first kappa shape index (κ1) is 28.8. The summed E-state index contributed by atoms with van der Waals surface area (Å²) in [5.41, 5.74) is 2.72. The highest BCUT2D eigenvalue weighted by Crippen LogP contribution is 2.19. The number of methoxy groups -OCH3 is 1. The van der Waals surface area contributed by atoms with E-state index < -0.39 is 11.6 Å². The third-order valence-electron chi connectivity index (χ3n) is 6.11. The molecule has 1 atom stereocenters. The molecular weight excluding hydrogens is 476 g/mol. The minimum absolute atomic E-state index is 0.0751. The number of aryl methyl sites for hydroxylation is 1. The van der Waals surface area contributed by atoms with Crippen LogP contribution in [-0.4, -0.2) is 42.0 Å². The Labute approximate surface area is 227 Å². The molecule has 202 valence electrons. The molecule has 3 aromatic carbocycles. The molecule has 0 fully saturated rings. The summed E-state index contributed by atoms with van der Waals surface area (Å²) in [5.74, 6) is 1.25. The van der Waals surface area contributed by atoms with Gasteiger partial charge in [0.05, 0.1) is 13.7 Å². The number of hydrogen-bond acceptors (Lipinski definition) is 4. The van der Waals surface area contributed by atoms with Crippen LogP contribution in [0.4, 0.5) is 0 Å². The molecule has 0 aromatic heterocycles. The maximum atomic E-state index is 13.7. The number of benzene rings is 3. The Hall–Kier alpha value is -3.80. The molecule has 0 bridgehead atoms. The maximum Gasteiger partial charge on any atom is 0.243 e. The molecule has 0 saturated carbocycles. The van der Waals surface area contributed by atoms with Crippen LogP contribution in [0.2, 0.25) is 0 Å². The monoisotopic (exact) mass is 516 g/mol. The molecule has 0 unspecified atom stereocenters. The molecule has 6 nitrogen and oxygen atoms in total. The van der Waals surface area contributed by atoms with Gasteiger partial charge in [-0.3, -0.25) is 9.59 Å². The van der Waals surface area contributed by atoms with Crippen LogP contribution in [0.25, 0.3) is 0 Å². The van der Waals surface area contributed by atoms with Crippen molar-refractivity contribution in [3.05, 3.63) is 95.6 Å². The third-order valence-corrected chi connectivity index (χ3v) is 6.11. The summed E-state index contributed by atoms with van der Waals surface area (Å²) in [6.07, 6.45) is 1.24. The van der Waals surface area contributed by atoms with Crippen LogP contribution in [0.3, 0.4) is 0 Å². The third kappa shape index (κ3) is 9.25. The van der Waals surface area contributed by atoms with Gasteiger partial charge in [-0.15, -0.1) is 0 Å².